The van der Waals surface area contributed by atoms with E-state index in [-0.39, 0.29) is 23.5 Å². The van der Waals surface area contributed by atoms with Gasteiger partial charge in [0.25, 0.3) is 10.0 Å². The van der Waals surface area contributed by atoms with Crippen LogP contribution in [0.1, 0.15) is 32.1 Å². The van der Waals surface area contributed by atoms with E-state index in [1.807, 2.05) is 0 Å². The van der Waals surface area contributed by atoms with Gasteiger partial charge in [-0.1, -0.05) is 12.8 Å². The van der Waals surface area contributed by atoms with Crippen molar-refractivity contribution in [3.63, 3.8) is 0 Å². The van der Waals surface area contributed by atoms with Crippen LogP contribution in [-0.2, 0) is 14.8 Å². The van der Waals surface area contributed by atoms with Crippen molar-refractivity contribution in [3.8, 4) is 11.5 Å². The number of alkyl halides is 3. The molecule has 27 heavy (non-hydrogen) atoms. The number of ether oxygens (including phenoxy) is 2. The number of amides is 1. The van der Waals surface area contributed by atoms with Gasteiger partial charge in [-0.25, -0.2) is 13.1 Å². The van der Waals surface area contributed by atoms with E-state index in [2.05, 4.69) is 0 Å². The van der Waals surface area contributed by atoms with Gasteiger partial charge in [-0.2, -0.15) is 13.2 Å². The van der Waals surface area contributed by atoms with Crippen molar-refractivity contribution in [1.29, 1.82) is 0 Å². The third kappa shape index (κ3) is 4.48. The zero-order valence-electron chi connectivity index (χ0n) is 14.4. The molecular weight excluding hydrogens is 387 g/mol. The van der Waals surface area contributed by atoms with Gasteiger partial charge < -0.3 is 9.47 Å². The zero-order chi connectivity index (χ0) is 19.7. The van der Waals surface area contributed by atoms with Crippen LogP contribution >= 0.6 is 0 Å². The molecule has 2 aliphatic rings. The molecule has 0 unspecified atom stereocenters. The molecule has 6 nitrogen and oxygen atoms in total. The Morgan fingerprint density at radius 2 is 1.70 bits per heavy atom. The van der Waals surface area contributed by atoms with Crippen LogP contribution in [0.2, 0.25) is 0 Å². The summed E-state index contributed by atoms with van der Waals surface area (Å²) in [5.74, 6) is -3.76. The summed E-state index contributed by atoms with van der Waals surface area (Å²) in [6.07, 6.45) is -3.26. The van der Waals surface area contributed by atoms with Crippen molar-refractivity contribution in [3.05, 3.63) is 18.2 Å². The SMILES string of the molecule is O=C(NS(=O)(=O)c1ccc2c(c1)OCCCO2)[C@H]1CCCC[C@@H]1C(F)(F)F. The molecule has 1 aromatic carbocycles. The van der Waals surface area contributed by atoms with Crippen LogP contribution in [0.25, 0.3) is 0 Å². The Kier molecular flexibility index (Phi) is 5.55. The highest BCUT2D eigenvalue weighted by Crippen LogP contribution is 2.41. The first-order chi connectivity index (χ1) is 12.7. The maximum atomic E-state index is 13.2. The fraction of sp³-hybridized carbons (Fsp3) is 0.588. The van der Waals surface area contributed by atoms with Crippen molar-refractivity contribution in [1.82, 2.24) is 4.72 Å². The van der Waals surface area contributed by atoms with Gasteiger partial charge in [-0.3, -0.25) is 4.79 Å². The van der Waals surface area contributed by atoms with Gasteiger partial charge in [0, 0.05) is 12.5 Å². The first-order valence-electron chi connectivity index (χ1n) is 8.71. The summed E-state index contributed by atoms with van der Waals surface area (Å²) in [4.78, 5) is 12.1. The lowest BCUT2D eigenvalue weighted by atomic mass is 9.78. The molecule has 1 amide bonds. The molecule has 1 aliphatic carbocycles. The molecule has 0 saturated heterocycles. The van der Waals surface area contributed by atoms with Gasteiger partial charge in [0.15, 0.2) is 11.5 Å². The number of carbonyl (C=O) groups excluding carboxylic acids is 1. The van der Waals surface area contributed by atoms with Gasteiger partial charge in [-0.15, -0.1) is 0 Å². The van der Waals surface area contributed by atoms with Crippen LogP contribution in [-0.4, -0.2) is 33.7 Å². The van der Waals surface area contributed by atoms with Crippen LogP contribution in [0.3, 0.4) is 0 Å². The predicted molar refractivity (Wildman–Crippen MR) is 88.9 cm³/mol. The fourth-order valence-electron chi connectivity index (χ4n) is 3.41. The average molecular weight is 407 g/mol. The lowest BCUT2D eigenvalue weighted by Gasteiger charge is -2.31. The van der Waals surface area contributed by atoms with Crippen molar-refractivity contribution in [2.45, 2.75) is 43.2 Å². The van der Waals surface area contributed by atoms with Crippen molar-refractivity contribution in [2.24, 2.45) is 11.8 Å². The molecule has 0 radical (unpaired) electrons. The molecule has 1 aliphatic heterocycles. The van der Waals surface area contributed by atoms with E-state index < -0.39 is 33.9 Å². The van der Waals surface area contributed by atoms with E-state index in [4.69, 9.17) is 9.47 Å². The number of carbonyl (C=O) groups is 1. The Balaban J connectivity index is 1.79. The second kappa shape index (κ2) is 7.57. The smallest absolute Gasteiger partial charge is 0.392 e. The van der Waals surface area contributed by atoms with E-state index in [0.29, 0.717) is 38.2 Å². The Bertz CT molecular complexity index is 809. The van der Waals surface area contributed by atoms with Gasteiger partial charge in [0.05, 0.1) is 29.9 Å². The van der Waals surface area contributed by atoms with Crippen LogP contribution in [0.15, 0.2) is 23.1 Å². The minimum absolute atomic E-state index is 0.00662. The first kappa shape index (κ1) is 19.8. The second-order valence-electron chi connectivity index (χ2n) is 6.67. The van der Waals surface area contributed by atoms with Gasteiger partial charge in [-0.05, 0) is 25.0 Å². The van der Waals surface area contributed by atoms with Crippen molar-refractivity contribution in [2.75, 3.05) is 13.2 Å². The van der Waals surface area contributed by atoms with Gasteiger partial charge in [0.2, 0.25) is 5.91 Å². The predicted octanol–water partition coefficient (Wildman–Crippen LogP) is 3.02. The number of nitrogens with one attached hydrogen (secondary N) is 1. The van der Waals surface area contributed by atoms with Crippen molar-refractivity contribution < 1.29 is 35.9 Å². The molecular formula is C17H20F3NO5S. The number of sulfonamides is 1. The first-order valence-corrected chi connectivity index (χ1v) is 10.2. The third-order valence-electron chi connectivity index (χ3n) is 4.79. The lowest BCUT2D eigenvalue weighted by Crippen LogP contribution is -2.44. The molecule has 1 N–H and O–H groups in total. The molecule has 10 heteroatoms. The maximum Gasteiger partial charge on any atom is 0.392 e. The van der Waals surface area contributed by atoms with Gasteiger partial charge in [0.1, 0.15) is 0 Å². The number of halogens is 3. The Morgan fingerprint density at radius 1 is 1.04 bits per heavy atom. The van der Waals surface area contributed by atoms with Gasteiger partial charge >= 0.3 is 6.18 Å². The Hall–Kier alpha value is -1.97. The molecule has 0 aromatic heterocycles. The van der Waals surface area contributed by atoms with Crippen LogP contribution in [0.5, 0.6) is 11.5 Å². The highest BCUT2D eigenvalue weighted by molar-refractivity contribution is 7.90. The minimum Gasteiger partial charge on any atom is -0.490 e. The number of fused-ring (bicyclic) bond motifs is 1. The molecule has 0 spiro atoms. The molecule has 2 atom stereocenters. The number of hydrogen-bond donors (Lipinski definition) is 1. The van der Waals surface area contributed by atoms with E-state index in [1.165, 1.54) is 18.2 Å². The van der Waals surface area contributed by atoms with E-state index in [1.54, 1.807) is 4.72 Å². The molecule has 0 bridgehead atoms. The van der Waals surface area contributed by atoms with Crippen LogP contribution in [0.4, 0.5) is 13.2 Å². The largest absolute Gasteiger partial charge is 0.490 e. The van der Waals surface area contributed by atoms with E-state index in [0.717, 1.165) is 0 Å². The Labute approximate surface area is 155 Å². The summed E-state index contributed by atoms with van der Waals surface area (Å²) in [5.41, 5.74) is 0. The highest BCUT2D eigenvalue weighted by atomic mass is 32.2. The van der Waals surface area contributed by atoms with Crippen molar-refractivity contribution >= 4 is 15.9 Å². The van der Waals surface area contributed by atoms with E-state index in [9.17, 15) is 26.4 Å². The highest BCUT2D eigenvalue weighted by Gasteiger charge is 2.48. The normalized spacial score (nSPS) is 23.4. The van der Waals surface area contributed by atoms with Crippen LogP contribution < -0.4 is 14.2 Å². The number of hydrogen-bond acceptors (Lipinski definition) is 5. The quantitative estimate of drug-likeness (QED) is 0.833. The molecule has 150 valence electrons. The molecule has 1 heterocycles. The summed E-state index contributed by atoms with van der Waals surface area (Å²) in [6, 6.07) is 3.84. The average Bonchev–Trinajstić information content (AvgIpc) is 2.85. The standard InChI is InChI=1S/C17H20F3NO5S/c18-17(19,20)13-5-2-1-4-12(13)16(22)21-27(23,24)11-6-7-14-15(10-11)26-9-3-8-25-14/h6-7,10,12-13H,1-5,8-9H2,(H,21,22)/t12-,13-/m0/s1. The monoisotopic (exact) mass is 407 g/mol. The minimum atomic E-state index is -4.54. The summed E-state index contributed by atoms with van der Waals surface area (Å²) in [5, 5.41) is 0. The van der Waals surface area contributed by atoms with Crippen LogP contribution in [0, 0.1) is 11.8 Å². The van der Waals surface area contributed by atoms with E-state index >= 15 is 0 Å². The summed E-state index contributed by atoms with van der Waals surface area (Å²) >= 11 is 0. The zero-order valence-corrected chi connectivity index (χ0v) is 15.2. The number of benzene rings is 1. The molecule has 1 aromatic rings. The summed E-state index contributed by atoms with van der Waals surface area (Å²) < 4.78 is 77.2. The molecule has 1 saturated carbocycles. The fourth-order valence-corrected chi connectivity index (χ4v) is 4.46. The number of rotatable bonds is 3. The lowest BCUT2D eigenvalue weighted by molar-refractivity contribution is -0.197. The Morgan fingerprint density at radius 3 is 2.41 bits per heavy atom. The molecule has 3 rings (SSSR count). The topological polar surface area (TPSA) is 81.7 Å². The summed E-state index contributed by atoms with van der Waals surface area (Å²) in [7, 11) is -4.33. The molecule has 1 fully saturated rings. The third-order valence-corrected chi connectivity index (χ3v) is 6.13. The maximum absolute atomic E-state index is 13.2. The summed E-state index contributed by atoms with van der Waals surface area (Å²) in [6.45, 7) is 0.772. The second-order valence-corrected chi connectivity index (χ2v) is 8.35.